The molecule has 0 saturated carbocycles. The van der Waals surface area contributed by atoms with Crippen molar-refractivity contribution >= 4 is 33.0 Å². The lowest BCUT2D eigenvalue weighted by molar-refractivity contribution is 0.0683. The van der Waals surface area contributed by atoms with Crippen molar-refractivity contribution in [1.82, 2.24) is 4.90 Å². The molecule has 1 amide bonds. The Kier molecular flexibility index (Phi) is 4.91. The van der Waals surface area contributed by atoms with Gasteiger partial charge in [0, 0.05) is 24.3 Å². The topological polar surface area (TPSA) is 66.5 Å². The second-order valence-corrected chi connectivity index (χ2v) is 8.97. The van der Waals surface area contributed by atoms with Crippen LogP contribution in [0.5, 0.6) is 0 Å². The van der Waals surface area contributed by atoms with Crippen molar-refractivity contribution in [3.05, 3.63) is 47.3 Å². The average molecular weight is 364 g/mol. The molecule has 1 N–H and O–H groups in total. The van der Waals surface area contributed by atoms with Gasteiger partial charge in [-0.25, -0.2) is 8.42 Å². The Labute approximate surface area is 146 Å². The maximum atomic E-state index is 12.5. The fraction of sp³-hybridized carbons (Fsp3) is 0.353. The Balaban J connectivity index is 1.70. The van der Waals surface area contributed by atoms with Gasteiger partial charge in [-0.1, -0.05) is 13.0 Å². The van der Waals surface area contributed by atoms with E-state index in [9.17, 15) is 13.2 Å². The summed E-state index contributed by atoms with van der Waals surface area (Å²) < 4.78 is 27.2. The van der Waals surface area contributed by atoms with Gasteiger partial charge in [-0.05, 0) is 54.5 Å². The maximum Gasteiger partial charge on any atom is 0.271 e. The molecule has 2 heterocycles. The van der Waals surface area contributed by atoms with Gasteiger partial charge in [0.2, 0.25) is 0 Å². The molecule has 0 spiro atoms. The van der Waals surface area contributed by atoms with E-state index in [4.69, 9.17) is 0 Å². The van der Waals surface area contributed by atoms with Crippen LogP contribution in [0.1, 0.15) is 30.1 Å². The summed E-state index contributed by atoms with van der Waals surface area (Å²) in [5.41, 5.74) is 1.04. The highest BCUT2D eigenvalue weighted by molar-refractivity contribution is 7.94. The van der Waals surface area contributed by atoms with Crippen molar-refractivity contribution in [2.45, 2.75) is 24.0 Å². The summed E-state index contributed by atoms with van der Waals surface area (Å²) in [5.74, 6) is 0.536. The first-order valence-corrected chi connectivity index (χ1v) is 10.3. The van der Waals surface area contributed by atoms with Crippen LogP contribution in [-0.2, 0) is 10.0 Å². The molecule has 3 rings (SSSR count). The van der Waals surface area contributed by atoms with Crippen molar-refractivity contribution < 1.29 is 13.2 Å². The van der Waals surface area contributed by atoms with E-state index in [-0.39, 0.29) is 10.1 Å². The van der Waals surface area contributed by atoms with Gasteiger partial charge in [0.15, 0.2) is 0 Å². The third-order valence-corrected chi connectivity index (χ3v) is 6.87. The van der Waals surface area contributed by atoms with Crippen molar-refractivity contribution in [2.75, 3.05) is 17.8 Å². The SMILES string of the molecule is C[C@@H]1CCCN(C(=O)c2ccc(NS(=O)(=O)c3cccs3)cc2)C1. The van der Waals surface area contributed by atoms with E-state index in [1.165, 1.54) is 0 Å². The number of nitrogens with zero attached hydrogens (tertiary/aromatic N) is 1. The van der Waals surface area contributed by atoms with Crippen molar-refractivity contribution in [1.29, 1.82) is 0 Å². The summed E-state index contributed by atoms with van der Waals surface area (Å²) in [7, 11) is -3.56. The minimum atomic E-state index is -3.56. The summed E-state index contributed by atoms with van der Waals surface area (Å²) >= 11 is 1.16. The molecular weight excluding hydrogens is 344 g/mol. The smallest absolute Gasteiger partial charge is 0.271 e. The Hall–Kier alpha value is -1.86. The Morgan fingerprint density at radius 2 is 2.00 bits per heavy atom. The third-order valence-electron chi connectivity index (χ3n) is 4.09. The molecule has 0 unspecified atom stereocenters. The number of hydrogen-bond donors (Lipinski definition) is 1. The summed E-state index contributed by atoms with van der Waals surface area (Å²) in [4.78, 5) is 14.4. The Morgan fingerprint density at radius 1 is 1.25 bits per heavy atom. The zero-order valence-corrected chi connectivity index (χ0v) is 15.1. The largest absolute Gasteiger partial charge is 0.338 e. The van der Waals surface area contributed by atoms with Crippen LogP contribution in [0.4, 0.5) is 5.69 Å². The first kappa shape index (κ1) is 17.0. The lowest BCUT2D eigenvalue weighted by Crippen LogP contribution is -2.39. The van der Waals surface area contributed by atoms with E-state index in [0.29, 0.717) is 17.2 Å². The first-order valence-electron chi connectivity index (χ1n) is 7.91. The number of carbonyl (C=O) groups is 1. The number of anilines is 1. The van der Waals surface area contributed by atoms with Gasteiger partial charge < -0.3 is 4.90 Å². The summed E-state index contributed by atoms with van der Waals surface area (Å²) in [6.45, 7) is 3.73. The molecule has 1 aliphatic heterocycles. The summed E-state index contributed by atoms with van der Waals surface area (Å²) in [6, 6.07) is 9.86. The monoisotopic (exact) mass is 364 g/mol. The number of sulfonamides is 1. The standard InChI is InChI=1S/C17H20N2O3S2/c1-13-4-2-10-19(12-13)17(20)14-6-8-15(9-7-14)18-24(21,22)16-5-3-11-23-16/h3,5-9,11,13,18H,2,4,10,12H2,1H3/t13-/m1/s1. The highest BCUT2D eigenvalue weighted by Crippen LogP contribution is 2.22. The first-order chi connectivity index (χ1) is 11.5. The Bertz CT molecular complexity index is 799. The van der Waals surface area contributed by atoms with Crippen molar-refractivity contribution in [3.63, 3.8) is 0 Å². The number of thiophene rings is 1. The number of amides is 1. The molecule has 1 atom stereocenters. The number of likely N-dealkylation sites (tertiary alicyclic amines) is 1. The lowest BCUT2D eigenvalue weighted by Gasteiger charge is -2.31. The number of rotatable bonds is 4. The lowest BCUT2D eigenvalue weighted by atomic mass is 9.99. The zero-order valence-electron chi connectivity index (χ0n) is 13.4. The molecule has 7 heteroatoms. The highest BCUT2D eigenvalue weighted by Gasteiger charge is 2.22. The average Bonchev–Trinajstić information content (AvgIpc) is 3.10. The molecule has 5 nitrogen and oxygen atoms in total. The van der Waals surface area contributed by atoms with Crippen LogP contribution in [0, 0.1) is 5.92 Å². The van der Waals surface area contributed by atoms with Gasteiger partial charge in [0.25, 0.3) is 15.9 Å². The molecule has 0 bridgehead atoms. The number of carbonyl (C=O) groups excluding carboxylic acids is 1. The molecule has 1 fully saturated rings. The van der Waals surface area contributed by atoms with Gasteiger partial charge >= 0.3 is 0 Å². The van der Waals surface area contributed by atoms with Crippen LogP contribution in [0.2, 0.25) is 0 Å². The van der Waals surface area contributed by atoms with Crippen molar-refractivity contribution in [3.8, 4) is 0 Å². The quantitative estimate of drug-likeness (QED) is 0.904. The van der Waals surface area contributed by atoms with Crippen LogP contribution in [0.25, 0.3) is 0 Å². The van der Waals surface area contributed by atoms with Gasteiger partial charge in [-0.3, -0.25) is 9.52 Å². The van der Waals surface area contributed by atoms with Gasteiger partial charge in [0.05, 0.1) is 0 Å². The van der Waals surface area contributed by atoms with Crippen LogP contribution >= 0.6 is 11.3 Å². The summed E-state index contributed by atoms with van der Waals surface area (Å²) in [5, 5.41) is 1.72. The molecule has 2 aromatic rings. The molecular formula is C17H20N2O3S2. The summed E-state index contributed by atoms with van der Waals surface area (Å²) in [6.07, 6.45) is 2.19. The molecule has 1 saturated heterocycles. The normalized spacial score (nSPS) is 18.4. The molecule has 1 aliphatic rings. The van der Waals surface area contributed by atoms with E-state index >= 15 is 0 Å². The molecule has 1 aromatic heterocycles. The van der Waals surface area contributed by atoms with Crippen LogP contribution < -0.4 is 4.72 Å². The molecule has 0 aliphatic carbocycles. The van der Waals surface area contributed by atoms with E-state index in [2.05, 4.69) is 11.6 Å². The van der Waals surface area contributed by atoms with Crippen LogP contribution in [0.15, 0.2) is 46.0 Å². The fourth-order valence-electron chi connectivity index (χ4n) is 2.86. The predicted molar refractivity (Wildman–Crippen MR) is 95.9 cm³/mol. The fourth-order valence-corrected chi connectivity index (χ4v) is 4.91. The van der Waals surface area contributed by atoms with Crippen LogP contribution in [0.3, 0.4) is 0 Å². The van der Waals surface area contributed by atoms with E-state index in [0.717, 1.165) is 37.3 Å². The minimum Gasteiger partial charge on any atom is -0.338 e. The number of benzene rings is 1. The van der Waals surface area contributed by atoms with Gasteiger partial charge in [-0.15, -0.1) is 11.3 Å². The van der Waals surface area contributed by atoms with Crippen molar-refractivity contribution in [2.24, 2.45) is 5.92 Å². The number of nitrogens with one attached hydrogen (secondary N) is 1. The second-order valence-electron chi connectivity index (χ2n) is 6.11. The van der Waals surface area contributed by atoms with E-state index in [1.54, 1.807) is 41.8 Å². The number of piperidine rings is 1. The van der Waals surface area contributed by atoms with Gasteiger partial charge in [0.1, 0.15) is 4.21 Å². The predicted octanol–water partition coefficient (Wildman–Crippen LogP) is 3.42. The maximum absolute atomic E-state index is 12.5. The molecule has 1 aromatic carbocycles. The second kappa shape index (κ2) is 6.94. The van der Waals surface area contributed by atoms with E-state index in [1.807, 2.05) is 4.90 Å². The highest BCUT2D eigenvalue weighted by atomic mass is 32.2. The zero-order chi connectivity index (χ0) is 17.2. The Morgan fingerprint density at radius 3 is 2.62 bits per heavy atom. The minimum absolute atomic E-state index is 0.00853. The molecule has 24 heavy (non-hydrogen) atoms. The third kappa shape index (κ3) is 3.79. The number of hydrogen-bond acceptors (Lipinski definition) is 4. The van der Waals surface area contributed by atoms with Crippen LogP contribution in [-0.4, -0.2) is 32.3 Å². The molecule has 128 valence electrons. The molecule has 0 radical (unpaired) electrons. The van der Waals surface area contributed by atoms with E-state index < -0.39 is 10.0 Å². The van der Waals surface area contributed by atoms with Gasteiger partial charge in [-0.2, -0.15) is 0 Å².